The zero-order chi connectivity index (χ0) is 25.2. The average molecular weight is 480 g/mol. The SMILES string of the molecule is CCCCCCCC1CCC(c2ccccc2C(=O)Oc2ccc(-c3ccc(C#N)cc3)cc2)CC1. The molecule has 36 heavy (non-hydrogen) atoms. The van der Waals surface area contributed by atoms with E-state index in [1.165, 1.54) is 51.4 Å². The van der Waals surface area contributed by atoms with Gasteiger partial charge in [0.15, 0.2) is 0 Å². The van der Waals surface area contributed by atoms with Crippen LogP contribution in [0, 0.1) is 17.2 Å². The Morgan fingerprint density at radius 3 is 2.14 bits per heavy atom. The van der Waals surface area contributed by atoms with Gasteiger partial charge in [0.1, 0.15) is 5.75 Å². The van der Waals surface area contributed by atoms with Gasteiger partial charge in [-0.3, -0.25) is 0 Å². The fourth-order valence-corrected chi connectivity index (χ4v) is 5.45. The van der Waals surface area contributed by atoms with Crippen molar-refractivity contribution in [1.29, 1.82) is 5.26 Å². The number of esters is 1. The van der Waals surface area contributed by atoms with E-state index in [9.17, 15) is 4.79 Å². The molecule has 0 bridgehead atoms. The van der Waals surface area contributed by atoms with Gasteiger partial charge in [-0.15, -0.1) is 0 Å². The summed E-state index contributed by atoms with van der Waals surface area (Å²) in [6.07, 6.45) is 13.0. The van der Waals surface area contributed by atoms with Crippen LogP contribution in [0.5, 0.6) is 5.75 Å². The third kappa shape index (κ3) is 6.85. The lowest BCUT2D eigenvalue weighted by atomic mass is 9.76. The molecular weight excluding hydrogens is 442 g/mol. The topological polar surface area (TPSA) is 50.1 Å². The van der Waals surface area contributed by atoms with E-state index in [1.807, 2.05) is 54.6 Å². The summed E-state index contributed by atoms with van der Waals surface area (Å²) in [6.45, 7) is 2.27. The molecule has 0 atom stereocenters. The van der Waals surface area contributed by atoms with Gasteiger partial charge in [0.05, 0.1) is 17.2 Å². The monoisotopic (exact) mass is 479 g/mol. The molecular formula is C33H37NO2. The molecule has 0 heterocycles. The molecule has 1 aliphatic rings. The van der Waals surface area contributed by atoms with Gasteiger partial charge in [0.25, 0.3) is 0 Å². The van der Waals surface area contributed by atoms with Crippen LogP contribution in [0.4, 0.5) is 0 Å². The summed E-state index contributed by atoms with van der Waals surface area (Å²) in [5.41, 5.74) is 4.50. The van der Waals surface area contributed by atoms with E-state index < -0.39 is 0 Å². The highest BCUT2D eigenvalue weighted by molar-refractivity contribution is 5.93. The summed E-state index contributed by atoms with van der Waals surface area (Å²) in [7, 11) is 0. The van der Waals surface area contributed by atoms with Crippen molar-refractivity contribution in [3.8, 4) is 22.9 Å². The van der Waals surface area contributed by atoms with Crippen LogP contribution < -0.4 is 4.74 Å². The lowest BCUT2D eigenvalue weighted by Gasteiger charge is -2.29. The number of unbranched alkanes of at least 4 members (excludes halogenated alkanes) is 4. The Morgan fingerprint density at radius 1 is 0.833 bits per heavy atom. The van der Waals surface area contributed by atoms with Crippen LogP contribution in [-0.4, -0.2) is 5.97 Å². The molecule has 0 spiro atoms. The fraction of sp³-hybridized carbons (Fsp3) is 0.394. The minimum atomic E-state index is -0.283. The molecule has 3 nitrogen and oxygen atoms in total. The largest absolute Gasteiger partial charge is 0.423 e. The molecule has 1 aliphatic carbocycles. The van der Waals surface area contributed by atoms with Crippen molar-refractivity contribution in [3.05, 3.63) is 89.5 Å². The predicted octanol–water partition coefficient (Wildman–Crippen LogP) is 9.08. The fourth-order valence-electron chi connectivity index (χ4n) is 5.45. The molecule has 3 heteroatoms. The summed E-state index contributed by atoms with van der Waals surface area (Å²) in [5, 5.41) is 8.98. The Balaban J connectivity index is 1.34. The molecule has 0 amide bonds. The Hall–Kier alpha value is -3.38. The van der Waals surface area contributed by atoms with Crippen LogP contribution in [0.3, 0.4) is 0 Å². The smallest absolute Gasteiger partial charge is 0.343 e. The molecule has 0 aromatic heterocycles. The van der Waals surface area contributed by atoms with Crippen molar-refractivity contribution >= 4 is 5.97 Å². The van der Waals surface area contributed by atoms with Crippen molar-refractivity contribution in [2.45, 2.75) is 77.0 Å². The second kappa shape index (κ2) is 13.1. The summed E-state index contributed by atoms with van der Waals surface area (Å²) in [5.74, 6) is 1.54. The van der Waals surface area contributed by atoms with Crippen LogP contribution >= 0.6 is 0 Å². The molecule has 3 aromatic rings. The maximum Gasteiger partial charge on any atom is 0.343 e. The zero-order valence-electron chi connectivity index (χ0n) is 21.4. The molecule has 0 unspecified atom stereocenters. The number of rotatable bonds is 10. The van der Waals surface area contributed by atoms with E-state index in [0.717, 1.165) is 35.4 Å². The molecule has 1 fully saturated rings. The quantitative estimate of drug-likeness (QED) is 0.165. The lowest BCUT2D eigenvalue weighted by Crippen LogP contribution is -2.18. The molecule has 4 rings (SSSR count). The Morgan fingerprint density at radius 2 is 1.47 bits per heavy atom. The third-order valence-electron chi connectivity index (χ3n) is 7.60. The number of ether oxygens (including phenoxy) is 1. The minimum Gasteiger partial charge on any atom is -0.423 e. The van der Waals surface area contributed by atoms with Crippen molar-refractivity contribution in [3.63, 3.8) is 0 Å². The minimum absolute atomic E-state index is 0.283. The Labute approximate surface area is 216 Å². The van der Waals surface area contributed by atoms with Gasteiger partial charge in [-0.25, -0.2) is 4.79 Å². The van der Waals surface area contributed by atoms with Gasteiger partial charge < -0.3 is 4.74 Å². The molecule has 186 valence electrons. The van der Waals surface area contributed by atoms with Crippen LogP contribution in [-0.2, 0) is 0 Å². The van der Waals surface area contributed by atoms with Crippen molar-refractivity contribution in [1.82, 2.24) is 0 Å². The third-order valence-corrected chi connectivity index (χ3v) is 7.60. The summed E-state index contributed by atoms with van der Waals surface area (Å²) >= 11 is 0. The first kappa shape index (κ1) is 25.7. The van der Waals surface area contributed by atoms with Crippen molar-refractivity contribution in [2.24, 2.45) is 5.92 Å². The zero-order valence-corrected chi connectivity index (χ0v) is 21.4. The highest BCUT2D eigenvalue weighted by Crippen LogP contribution is 2.39. The van der Waals surface area contributed by atoms with Crippen LogP contribution in [0.2, 0.25) is 0 Å². The Kier molecular flexibility index (Phi) is 9.33. The van der Waals surface area contributed by atoms with E-state index in [1.54, 1.807) is 12.1 Å². The molecule has 0 N–H and O–H groups in total. The normalized spacial score (nSPS) is 17.3. The van der Waals surface area contributed by atoms with Crippen molar-refractivity contribution < 1.29 is 9.53 Å². The molecule has 3 aromatic carbocycles. The van der Waals surface area contributed by atoms with Gasteiger partial charge >= 0.3 is 5.97 Å². The summed E-state index contributed by atoms with van der Waals surface area (Å²) in [6, 6.07) is 25.1. The van der Waals surface area contributed by atoms with Crippen molar-refractivity contribution in [2.75, 3.05) is 0 Å². The van der Waals surface area contributed by atoms with Crippen LogP contribution in [0.1, 0.15) is 98.5 Å². The number of nitrogens with zero attached hydrogens (tertiary/aromatic N) is 1. The first-order valence-corrected chi connectivity index (χ1v) is 13.6. The second-order valence-corrected chi connectivity index (χ2v) is 10.1. The average Bonchev–Trinajstić information content (AvgIpc) is 2.94. The number of hydrogen-bond donors (Lipinski definition) is 0. The van der Waals surface area contributed by atoms with E-state index >= 15 is 0 Å². The maximum absolute atomic E-state index is 13.1. The van der Waals surface area contributed by atoms with Gasteiger partial charge in [-0.1, -0.05) is 87.9 Å². The lowest BCUT2D eigenvalue weighted by molar-refractivity contribution is 0.0732. The number of carbonyl (C=O) groups is 1. The molecule has 1 saturated carbocycles. The Bertz CT molecular complexity index is 1150. The first-order chi connectivity index (χ1) is 17.7. The van der Waals surface area contributed by atoms with Crippen LogP contribution in [0.25, 0.3) is 11.1 Å². The van der Waals surface area contributed by atoms with E-state index in [2.05, 4.69) is 19.1 Å². The standard InChI is InChI=1S/C33H37NO2/c1-2-3-4-5-6-9-25-12-18-29(19-13-25)31-10-7-8-11-32(31)33(35)36-30-22-20-28(21-23-30)27-16-14-26(24-34)15-17-27/h7-8,10-11,14-17,20-23,25,29H,2-6,9,12-13,18-19H2,1H3. The van der Waals surface area contributed by atoms with Gasteiger partial charge in [0.2, 0.25) is 0 Å². The second-order valence-electron chi connectivity index (χ2n) is 10.1. The van der Waals surface area contributed by atoms with Crippen LogP contribution in [0.15, 0.2) is 72.8 Å². The number of carbonyl (C=O) groups excluding carboxylic acids is 1. The molecule has 0 aliphatic heterocycles. The van der Waals surface area contributed by atoms with Gasteiger partial charge in [0, 0.05) is 0 Å². The van der Waals surface area contributed by atoms with Gasteiger partial charge in [-0.2, -0.15) is 5.26 Å². The number of hydrogen-bond acceptors (Lipinski definition) is 3. The maximum atomic E-state index is 13.1. The molecule has 0 radical (unpaired) electrons. The highest BCUT2D eigenvalue weighted by Gasteiger charge is 2.26. The predicted molar refractivity (Wildman–Crippen MR) is 146 cm³/mol. The molecule has 0 saturated heterocycles. The summed E-state index contributed by atoms with van der Waals surface area (Å²) in [4.78, 5) is 13.1. The van der Waals surface area contributed by atoms with E-state index in [4.69, 9.17) is 10.00 Å². The first-order valence-electron chi connectivity index (χ1n) is 13.6. The van der Waals surface area contributed by atoms with E-state index in [-0.39, 0.29) is 5.97 Å². The highest BCUT2D eigenvalue weighted by atomic mass is 16.5. The number of nitriles is 1. The van der Waals surface area contributed by atoms with E-state index in [0.29, 0.717) is 22.8 Å². The summed E-state index contributed by atoms with van der Waals surface area (Å²) < 4.78 is 5.78. The van der Waals surface area contributed by atoms with Gasteiger partial charge in [-0.05, 0) is 84.5 Å². The number of benzene rings is 3.